The van der Waals surface area contributed by atoms with Crippen LogP contribution >= 0.6 is 0 Å². The van der Waals surface area contributed by atoms with E-state index in [2.05, 4.69) is 42.3 Å². The van der Waals surface area contributed by atoms with Crippen molar-refractivity contribution in [3.05, 3.63) is 65.0 Å². The van der Waals surface area contributed by atoms with Gasteiger partial charge in [0.1, 0.15) is 0 Å². The summed E-state index contributed by atoms with van der Waals surface area (Å²) in [5, 5.41) is 13.4. The highest BCUT2D eigenvalue weighted by molar-refractivity contribution is 5.43. The van der Waals surface area contributed by atoms with Gasteiger partial charge in [0.05, 0.1) is 0 Å². The average Bonchev–Trinajstić information content (AvgIpc) is 2.90. The first-order valence-corrected chi connectivity index (χ1v) is 8.52. The summed E-state index contributed by atoms with van der Waals surface area (Å²) in [6, 6.07) is 13.0. The first-order valence-electron chi connectivity index (χ1n) is 8.52. The third kappa shape index (κ3) is 3.62. The Hall–Kier alpha value is -1.71. The topological polar surface area (TPSA) is 45.1 Å². The summed E-state index contributed by atoms with van der Waals surface area (Å²) in [6.45, 7) is 5.52. The Bertz CT molecular complexity index is 641. The number of aromatic nitrogens is 1. The van der Waals surface area contributed by atoms with Gasteiger partial charge in [0.25, 0.3) is 0 Å². The van der Waals surface area contributed by atoms with Crippen molar-refractivity contribution in [1.29, 1.82) is 0 Å². The minimum atomic E-state index is 0.187. The normalized spacial score (nSPS) is 21.2. The van der Waals surface area contributed by atoms with E-state index >= 15 is 0 Å². The van der Waals surface area contributed by atoms with Gasteiger partial charge in [-0.25, -0.2) is 0 Å². The highest BCUT2D eigenvalue weighted by atomic mass is 16.3. The SMILES string of the molecule is Cc1cccc2c1[C@H](C)C[C@H]2NC[C@H](CO)Cc1ccccn1. The van der Waals surface area contributed by atoms with Crippen LogP contribution < -0.4 is 5.32 Å². The maximum Gasteiger partial charge on any atom is 0.0475 e. The van der Waals surface area contributed by atoms with Gasteiger partial charge >= 0.3 is 0 Å². The molecule has 0 bridgehead atoms. The molecular formula is C20H26N2O. The molecular weight excluding hydrogens is 284 g/mol. The largest absolute Gasteiger partial charge is 0.396 e. The van der Waals surface area contributed by atoms with Crippen molar-refractivity contribution >= 4 is 0 Å². The fourth-order valence-electron chi connectivity index (χ4n) is 3.80. The minimum absolute atomic E-state index is 0.187. The lowest BCUT2D eigenvalue weighted by atomic mass is 9.98. The highest BCUT2D eigenvalue weighted by Gasteiger charge is 2.29. The van der Waals surface area contributed by atoms with Crippen LogP contribution in [0.3, 0.4) is 0 Å². The third-order valence-electron chi connectivity index (χ3n) is 4.95. The van der Waals surface area contributed by atoms with E-state index in [1.165, 1.54) is 16.7 Å². The second-order valence-corrected chi connectivity index (χ2v) is 6.75. The molecule has 23 heavy (non-hydrogen) atoms. The molecule has 0 unspecified atom stereocenters. The zero-order valence-electron chi connectivity index (χ0n) is 14.0. The van der Waals surface area contributed by atoms with Gasteiger partial charge in [0, 0.05) is 31.1 Å². The quantitative estimate of drug-likeness (QED) is 0.860. The van der Waals surface area contributed by atoms with Gasteiger partial charge in [-0.1, -0.05) is 31.2 Å². The number of hydrogen-bond acceptors (Lipinski definition) is 3. The van der Waals surface area contributed by atoms with Gasteiger partial charge in [-0.15, -0.1) is 0 Å². The molecule has 1 aromatic carbocycles. The zero-order valence-corrected chi connectivity index (χ0v) is 14.0. The summed E-state index contributed by atoms with van der Waals surface area (Å²) in [5.41, 5.74) is 5.39. The summed E-state index contributed by atoms with van der Waals surface area (Å²) in [4.78, 5) is 4.37. The van der Waals surface area contributed by atoms with E-state index < -0.39 is 0 Å². The van der Waals surface area contributed by atoms with Crippen molar-refractivity contribution in [2.45, 2.75) is 38.6 Å². The van der Waals surface area contributed by atoms with E-state index in [0.717, 1.165) is 25.1 Å². The molecule has 3 heteroatoms. The van der Waals surface area contributed by atoms with Gasteiger partial charge < -0.3 is 10.4 Å². The fourth-order valence-corrected chi connectivity index (χ4v) is 3.80. The standard InChI is InChI=1S/C20H26N2O/c1-14-6-5-8-18-19(10-15(2)20(14)18)22-12-16(13-23)11-17-7-3-4-9-21-17/h3-9,15-16,19,22-23H,10-13H2,1-2H3/t15-,16-,19-/m1/s1. The predicted molar refractivity (Wildman–Crippen MR) is 93.5 cm³/mol. The molecule has 0 saturated heterocycles. The molecule has 3 nitrogen and oxygen atoms in total. The first-order chi connectivity index (χ1) is 11.2. The van der Waals surface area contributed by atoms with Crippen LogP contribution in [-0.2, 0) is 6.42 Å². The molecule has 0 spiro atoms. The second kappa shape index (κ2) is 7.24. The van der Waals surface area contributed by atoms with E-state index in [9.17, 15) is 5.11 Å². The van der Waals surface area contributed by atoms with Crippen molar-refractivity contribution < 1.29 is 5.11 Å². The monoisotopic (exact) mass is 310 g/mol. The molecule has 2 aromatic rings. The average molecular weight is 310 g/mol. The Morgan fingerprint density at radius 1 is 1.26 bits per heavy atom. The number of benzene rings is 1. The van der Waals surface area contributed by atoms with Crippen LogP contribution in [0.1, 0.15) is 47.7 Å². The Morgan fingerprint density at radius 3 is 2.87 bits per heavy atom. The van der Waals surface area contributed by atoms with Crippen LogP contribution in [0.25, 0.3) is 0 Å². The number of pyridine rings is 1. The third-order valence-corrected chi connectivity index (χ3v) is 4.95. The number of aliphatic hydroxyl groups is 1. The van der Waals surface area contributed by atoms with Crippen molar-refractivity contribution in [2.24, 2.45) is 5.92 Å². The number of aliphatic hydroxyl groups excluding tert-OH is 1. The summed E-state index contributed by atoms with van der Waals surface area (Å²) < 4.78 is 0. The molecule has 3 rings (SSSR count). The van der Waals surface area contributed by atoms with Crippen LogP contribution in [0, 0.1) is 12.8 Å². The lowest BCUT2D eigenvalue weighted by Gasteiger charge is -2.19. The van der Waals surface area contributed by atoms with Crippen LogP contribution in [0.4, 0.5) is 0 Å². The molecule has 122 valence electrons. The van der Waals surface area contributed by atoms with Gasteiger partial charge in [0.2, 0.25) is 0 Å². The van der Waals surface area contributed by atoms with E-state index in [1.54, 1.807) is 0 Å². The van der Waals surface area contributed by atoms with E-state index in [-0.39, 0.29) is 12.5 Å². The maximum atomic E-state index is 9.68. The van der Waals surface area contributed by atoms with Crippen LogP contribution in [-0.4, -0.2) is 23.2 Å². The van der Waals surface area contributed by atoms with Gasteiger partial charge in [-0.05, 0) is 60.4 Å². The Morgan fingerprint density at radius 2 is 2.13 bits per heavy atom. The van der Waals surface area contributed by atoms with Crippen molar-refractivity contribution in [2.75, 3.05) is 13.2 Å². The zero-order chi connectivity index (χ0) is 16.2. The molecule has 0 fully saturated rings. The Balaban J connectivity index is 1.63. The molecule has 0 radical (unpaired) electrons. The number of hydrogen-bond donors (Lipinski definition) is 2. The fraction of sp³-hybridized carbons (Fsp3) is 0.450. The number of rotatable bonds is 6. The number of nitrogens with zero attached hydrogens (tertiary/aromatic N) is 1. The molecule has 0 aliphatic heterocycles. The Kier molecular flexibility index (Phi) is 5.09. The first kappa shape index (κ1) is 16.2. The molecule has 1 aromatic heterocycles. The van der Waals surface area contributed by atoms with Crippen molar-refractivity contribution in [1.82, 2.24) is 10.3 Å². The molecule has 3 atom stereocenters. The van der Waals surface area contributed by atoms with E-state index in [0.29, 0.717) is 12.0 Å². The summed E-state index contributed by atoms with van der Waals surface area (Å²) in [5.74, 6) is 0.807. The molecule has 1 aliphatic carbocycles. The predicted octanol–water partition coefficient (Wildman–Crippen LogP) is 3.38. The Labute approximate surface area is 138 Å². The van der Waals surface area contributed by atoms with Crippen LogP contribution in [0.2, 0.25) is 0 Å². The van der Waals surface area contributed by atoms with E-state index in [1.807, 2.05) is 24.4 Å². The molecule has 1 aliphatic rings. The second-order valence-electron chi connectivity index (χ2n) is 6.75. The van der Waals surface area contributed by atoms with Crippen molar-refractivity contribution in [3.8, 4) is 0 Å². The van der Waals surface area contributed by atoms with E-state index in [4.69, 9.17) is 0 Å². The summed E-state index contributed by atoms with van der Waals surface area (Å²) in [6.07, 6.45) is 3.77. The van der Waals surface area contributed by atoms with Gasteiger partial charge in [-0.3, -0.25) is 4.98 Å². The number of nitrogens with one attached hydrogen (secondary N) is 1. The summed E-state index contributed by atoms with van der Waals surface area (Å²) >= 11 is 0. The lowest BCUT2D eigenvalue weighted by Crippen LogP contribution is -2.29. The molecule has 0 amide bonds. The lowest BCUT2D eigenvalue weighted by molar-refractivity contribution is 0.217. The number of aryl methyl sites for hydroxylation is 1. The molecule has 1 heterocycles. The highest BCUT2D eigenvalue weighted by Crippen LogP contribution is 2.41. The minimum Gasteiger partial charge on any atom is -0.396 e. The van der Waals surface area contributed by atoms with Crippen LogP contribution in [0.15, 0.2) is 42.6 Å². The number of fused-ring (bicyclic) bond motifs is 1. The van der Waals surface area contributed by atoms with Crippen LogP contribution in [0.5, 0.6) is 0 Å². The van der Waals surface area contributed by atoms with Gasteiger partial charge in [0.15, 0.2) is 0 Å². The summed E-state index contributed by atoms with van der Waals surface area (Å²) in [7, 11) is 0. The molecule has 2 N–H and O–H groups in total. The van der Waals surface area contributed by atoms with Crippen molar-refractivity contribution in [3.63, 3.8) is 0 Å². The maximum absolute atomic E-state index is 9.68. The smallest absolute Gasteiger partial charge is 0.0475 e. The van der Waals surface area contributed by atoms with Gasteiger partial charge in [-0.2, -0.15) is 0 Å². The molecule has 0 saturated carbocycles.